The lowest BCUT2D eigenvalue weighted by Crippen LogP contribution is -2.15. The Hall–Kier alpha value is -2.01. The smallest absolute Gasteiger partial charge is 0.357 e. The molecule has 136 valence electrons. The highest BCUT2D eigenvalue weighted by Gasteiger charge is 2.39. The standard InChI is InChI=1S/C18H24NO5P/c1-4-23-25(21,24-5-2)18(19-14-10-7-6-8-11-14)15-12-9-13-16(22-3)17(15)20/h6-13,18-20H,4-5H2,1-3H3. The summed E-state index contributed by atoms with van der Waals surface area (Å²) < 4.78 is 29.6. The van der Waals surface area contributed by atoms with Gasteiger partial charge in [0.2, 0.25) is 0 Å². The predicted molar refractivity (Wildman–Crippen MR) is 98.3 cm³/mol. The number of hydrogen-bond donors (Lipinski definition) is 2. The van der Waals surface area contributed by atoms with E-state index < -0.39 is 13.4 Å². The quantitative estimate of drug-likeness (QED) is 0.623. The second-order valence-corrected chi connectivity index (χ2v) is 7.30. The molecule has 0 saturated carbocycles. The van der Waals surface area contributed by atoms with Crippen molar-refractivity contribution in [2.75, 3.05) is 25.6 Å². The van der Waals surface area contributed by atoms with Gasteiger partial charge in [0.05, 0.1) is 20.3 Å². The monoisotopic (exact) mass is 365 g/mol. The van der Waals surface area contributed by atoms with E-state index in [-0.39, 0.29) is 24.7 Å². The van der Waals surface area contributed by atoms with Gasteiger partial charge in [0.25, 0.3) is 0 Å². The van der Waals surface area contributed by atoms with Gasteiger partial charge in [0, 0.05) is 11.3 Å². The van der Waals surface area contributed by atoms with Crippen molar-refractivity contribution in [3.8, 4) is 11.5 Å². The van der Waals surface area contributed by atoms with Gasteiger partial charge < -0.3 is 24.2 Å². The molecular formula is C18H24NO5P. The Morgan fingerprint density at radius 1 is 1.04 bits per heavy atom. The Morgan fingerprint density at radius 2 is 1.68 bits per heavy atom. The molecular weight excluding hydrogens is 341 g/mol. The summed E-state index contributed by atoms with van der Waals surface area (Å²) in [5.41, 5.74) is 1.11. The van der Waals surface area contributed by atoms with E-state index in [2.05, 4.69) is 5.32 Å². The molecule has 2 aromatic carbocycles. The maximum absolute atomic E-state index is 13.4. The van der Waals surface area contributed by atoms with Gasteiger partial charge in [0.15, 0.2) is 17.3 Å². The summed E-state index contributed by atoms with van der Waals surface area (Å²) in [6.07, 6.45) is 0. The first-order valence-electron chi connectivity index (χ1n) is 8.12. The highest BCUT2D eigenvalue weighted by molar-refractivity contribution is 7.54. The molecule has 0 aliphatic carbocycles. The van der Waals surface area contributed by atoms with Crippen molar-refractivity contribution in [2.45, 2.75) is 19.6 Å². The molecule has 1 atom stereocenters. The van der Waals surface area contributed by atoms with E-state index in [1.807, 2.05) is 30.3 Å². The fraction of sp³-hybridized carbons (Fsp3) is 0.333. The molecule has 0 heterocycles. The van der Waals surface area contributed by atoms with E-state index >= 15 is 0 Å². The van der Waals surface area contributed by atoms with Crippen molar-refractivity contribution in [1.29, 1.82) is 0 Å². The van der Waals surface area contributed by atoms with E-state index in [0.29, 0.717) is 5.56 Å². The Morgan fingerprint density at radius 3 is 2.24 bits per heavy atom. The summed E-state index contributed by atoms with van der Waals surface area (Å²) in [5, 5.41) is 13.7. The minimum absolute atomic E-state index is 0.0990. The SMILES string of the molecule is CCOP(=O)(OCC)C(Nc1ccccc1)c1cccc(OC)c1O. The number of phenolic OH excluding ortho intramolecular Hbond substituents is 1. The summed E-state index contributed by atoms with van der Waals surface area (Å²) in [6, 6.07) is 14.3. The van der Waals surface area contributed by atoms with Crippen molar-refractivity contribution < 1.29 is 23.5 Å². The molecule has 0 spiro atoms. The maximum atomic E-state index is 13.4. The molecule has 1 unspecified atom stereocenters. The lowest BCUT2D eigenvalue weighted by Gasteiger charge is -2.29. The fourth-order valence-electron chi connectivity index (χ4n) is 2.49. The first-order valence-corrected chi connectivity index (χ1v) is 9.73. The van der Waals surface area contributed by atoms with Gasteiger partial charge in [-0.15, -0.1) is 0 Å². The molecule has 0 fully saturated rings. The molecule has 6 nitrogen and oxygen atoms in total. The Labute approximate surface area is 148 Å². The largest absolute Gasteiger partial charge is 0.504 e. The number of benzene rings is 2. The van der Waals surface area contributed by atoms with Gasteiger partial charge in [-0.1, -0.05) is 30.3 Å². The number of aromatic hydroxyl groups is 1. The average Bonchev–Trinajstić information content (AvgIpc) is 2.61. The van der Waals surface area contributed by atoms with Crippen LogP contribution in [0.15, 0.2) is 48.5 Å². The van der Waals surface area contributed by atoms with E-state index in [9.17, 15) is 9.67 Å². The van der Waals surface area contributed by atoms with Crippen LogP contribution in [0.1, 0.15) is 25.2 Å². The molecule has 0 radical (unpaired) electrons. The van der Waals surface area contributed by atoms with E-state index in [1.165, 1.54) is 7.11 Å². The van der Waals surface area contributed by atoms with Crippen LogP contribution in [-0.4, -0.2) is 25.4 Å². The molecule has 0 aliphatic heterocycles. The summed E-state index contributed by atoms with van der Waals surface area (Å²) in [4.78, 5) is 0. The second-order valence-electron chi connectivity index (χ2n) is 5.19. The van der Waals surface area contributed by atoms with Gasteiger partial charge in [-0.3, -0.25) is 4.57 Å². The number of phenols is 1. The predicted octanol–water partition coefficient (Wildman–Crippen LogP) is 4.78. The Kier molecular flexibility index (Phi) is 6.88. The third-order valence-corrected chi connectivity index (χ3v) is 5.83. The van der Waals surface area contributed by atoms with Crippen LogP contribution in [0.2, 0.25) is 0 Å². The Balaban J connectivity index is 2.53. The average molecular weight is 365 g/mol. The van der Waals surface area contributed by atoms with Crippen molar-refractivity contribution in [3.05, 3.63) is 54.1 Å². The molecule has 0 bridgehead atoms. The van der Waals surface area contributed by atoms with Crippen molar-refractivity contribution in [1.82, 2.24) is 0 Å². The maximum Gasteiger partial charge on any atom is 0.357 e. The summed E-state index contributed by atoms with van der Waals surface area (Å²) in [7, 11) is -2.14. The van der Waals surface area contributed by atoms with Crippen LogP contribution in [-0.2, 0) is 13.6 Å². The summed E-state index contributed by atoms with van der Waals surface area (Å²) in [5.74, 6) is -0.695. The third kappa shape index (κ3) is 4.54. The lowest BCUT2D eigenvalue weighted by molar-refractivity contribution is 0.213. The molecule has 0 aliphatic rings. The first-order chi connectivity index (χ1) is 12.1. The number of anilines is 1. The fourth-order valence-corrected chi connectivity index (χ4v) is 4.44. The zero-order valence-electron chi connectivity index (χ0n) is 14.6. The van der Waals surface area contributed by atoms with E-state index in [0.717, 1.165) is 5.69 Å². The second kappa shape index (κ2) is 8.90. The number of para-hydroxylation sites is 2. The molecule has 0 aromatic heterocycles. The van der Waals surface area contributed by atoms with Crippen LogP contribution < -0.4 is 10.1 Å². The van der Waals surface area contributed by atoms with Crippen molar-refractivity contribution in [2.24, 2.45) is 0 Å². The Bertz CT molecular complexity index is 713. The number of rotatable bonds is 9. The third-order valence-electron chi connectivity index (χ3n) is 3.56. The number of nitrogens with one attached hydrogen (secondary N) is 1. The molecule has 2 aromatic rings. The van der Waals surface area contributed by atoms with Crippen LogP contribution in [0.3, 0.4) is 0 Å². The van der Waals surface area contributed by atoms with E-state index in [4.69, 9.17) is 13.8 Å². The van der Waals surface area contributed by atoms with Crippen LogP contribution in [0.4, 0.5) is 5.69 Å². The zero-order chi connectivity index (χ0) is 18.3. The lowest BCUT2D eigenvalue weighted by atomic mass is 10.1. The molecule has 2 rings (SSSR count). The van der Waals surface area contributed by atoms with Gasteiger partial charge >= 0.3 is 7.60 Å². The van der Waals surface area contributed by atoms with Gasteiger partial charge in [-0.05, 0) is 32.0 Å². The molecule has 2 N–H and O–H groups in total. The summed E-state index contributed by atoms with van der Waals surface area (Å²) >= 11 is 0. The number of ether oxygens (including phenoxy) is 1. The number of methoxy groups -OCH3 is 1. The van der Waals surface area contributed by atoms with Crippen molar-refractivity contribution >= 4 is 13.3 Å². The minimum Gasteiger partial charge on any atom is -0.504 e. The molecule has 0 saturated heterocycles. The van der Waals surface area contributed by atoms with Crippen LogP contribution in [0.25, 0.3) is 0 Å². The van der Waals surface area contributed by atoms with Crippen molar-refractivity contribution in [3.63, 3.8) is 0 Å². The van der Waals surface area contributed by atoms with Crippen LogP contribution in [0, 0.1) is 0 Å². The topological polar surface area (TPSA) is 77.0 Å². The highest BCUT2D eigenvalue weighted by Crippen LogP contribution is 2.62. The van der Waals surface area contributed by atoms with Gasteiger partial charge in [0.1, 0.15) is 0 Å². The minimum atomic E-state index is -3.60. The zero-order valence-corrected chi connectivity index (χ0v) is 15.5. The highest BCUT2D eigenvalue weighted by atomic mass is 31.2. The van der Waals surface area contributed by atoms with Gasteiger partial charge in [-0.25, -0.2) is 0 Å². The van der Waals surface area contributed by atoms with E-state index in [1.54, 1.807) is 32.0 Å². The van der Waals surface area contributed by atoms with Crippen LogP contribution >= 0.6 is 7.60 Å². The normalized spacial score (nSPS) is 12.6. The number of hydrogen-bond acceptors (Lipinski definition) is 6. The molecule has 0 amide bonds. The molecule has 7 heteroatoms. The summed E-state index contributed by atoms with van der Waals surface area (Å²) in [6.45, 7) is 3.93. The molecule has 25 heavy (non-hydrogen) atoms. The van der Waals surface area contributed by atoms with Gasteiger partial charge in [-0.2, -0.15) is 0 Å². The first kappa shape index (κ1) is 19.3. The van der Waals surface area contributed by atoms with Crippen LogP contribution in [0.5, 0.6) is 11.5 Å².